The van der Waals surface area contributed by atoms with Crippen molar-refractivity contribution < 1.29 is 9.53 Å². The Labute approximate surface area is 102 Å². The Morgan fingerprint density at radius 3 is 2.53 bits per heavy atom. The highest BCUT2D eigenvalue weighted by molar-refractivity contribution is 5.66. The van der Waals surface area contributed by atoms with Crippen LogP contribution >= 0.6 is 0 Å². The Bertz CT molecular complexity index is 437. The molecule has 2 nitrogen and oxygen atoms in total. The van der Waals surface area contributed by atoms with Crippen LogP contribution in [0.3, 0.4) is 0 Å². The van der Waals surface area contributed by atoms with Gasteiger partial charge in [0, 0.05) is 18.4 Å². The van der Waals surface area contributed by atoms with Crippen LogP contribution in [-0.2, 0) is 9.53 Å². The van der Waals surface area contributed by atoms with Gasteiger partial charge in [0.15, 0.2) is 6.10 Å². The van der Waals surface area contributed by atoms with Crippen molar-refractivity contribution in [1.29, 1.82) is 0 Å². The third-order valence-corrected chi connectivity index (χ3v) is 2.18. The standard InChI is InChI=1S/C15H16O2/c1-4-12(2)10-11-15(17-13(3)16)14-8-6-5-7-9-14/h4-9,12,15H,1H2,2-3H3. The summed E-state index contributed by atoms with van der Waals surface area (Å²) in [5.41, 5.74) is 0.881. The van der Waals surface area contributed by atoms with Gasteiger partial charge in [-0.2, -0.15) is 0 Å². The number of carbonyl (C=O) groups is 1. The minimum atomic E-state index is -0.504. The maximum Gasteiger partial charge on any atom is 0.304 e. The number of benzene rings is 1. The molecule has 0 radical (unpaired) electrons. The molecule has 0 heterocycles. The lowest BCUT2D eigenvalue weighted by Crippen LogP contribution is -2.06. The summed E-state index contributed by atoms with van der Waals surface area (Å²) in [5, 5.41) is 0. The fourth-order valence-corrected chi connectivity index (χ4v) is 1.24. The molecule has 88 valence electrons. The van der Waals surface area contributed by atoms with E-state index in [1.807, 2.05) is 37.3 Å². The van der Waals surface area contributed by atoms with Gasteiger partial charge in [0.05, 0.1) is 0 Å². The van der Waals surface area contributed by atoms with Gasteiger partial charge in [-0.1, -0.05) is 48.2 Å². The first-order valence-electron chi connectivity index (χ1n) is 5.49. The fourth-order valence-electron chi connectivity index (χ4n) is 1.24. The lowest BCUT2D eigenvalue weighted by Gasteiger charge is -2.11. The molecular formula is C15H16O2. The smallest absolute Gasteiger partial charge is 0.304 e. The number of rotatable bonds is 3. The molecule has 0 spiro atoms. The minimum Gasteiger partial charge on any atom is -0.444 e. The van der Waals surface area contributed by atoms with E-state index in [9.17, 15) is 4.79 Å². The van der Waals surface area contributed by atoms with Crippen LogP contribution in [0.15, 0.2) is 43.0 Å². The average Bonchev–Trinajstić information content (AvgIpc) is 2.34. The maximum atomic E-state index is 11.0. The number of hydrogen-bond donors (Lipinski definition) is 0. The summed E-state index contributed by atoms with van der Waals surface area (Å²) in [4.78, 5) is 11.0. The van der Waals surface area contributed by atoms with Crippen molar-refractivity contribution in [3.05, 3.63) is 48.6 Å². The molecule has 0 aliphatic carbocycles. The van der Waals surface area contributed by atoms with Crippen molar-refractivity contribution in [3.8, 4) is 11.8 Å². The van der Waals surface area contributed by atoms with Gasteiger partial charge >= 0.3 is 5.97 Å². The first kappa shape index (κ1) is 13.1. The molecule has 0 aliphatic rings. The lowest BCUT2D eigenvalue weighted by atomic mass is 10.1. The van der Waals surface area contributed by atoms with Crippen LogP contribution in [0.5, 0.6) is 0 Å². The zero-order chi connectivity index (χ0) is 12.7. The predicted octanol–water partition coefficient (Wildman–Crippen LogP) is 3.12. The molecule has 1 aromatic rings. The zero-order valence-electron chi connectivity index (χ0n) is 10.1. The molecule has 1 rings (SSSR count). The van der Waals surface area contributed by atoms with Gasteiger partial charge < -0.3 is 4.74 Å². The van der Waals surface area contributed by atoms with E-state index in [4.69, 9.17) is 4.74 Å². The van der Waals surface area contributed by atoms with Crippen molar-refractivity contribution in [2.45, 2.75) is 20.0 Å². The molecule has 0 saturated carbocycles. The first-order chi connectivity index (χ1) is 8.13. The molecule has 0 bridgehead atoms. The van der Waals surface area contributed by atoms with Crippen LogP contribution in [0.2, 0.25) is 0 Å². The van der Waals surface area contributed by atoms with E-state index < -0.39 is 6.10 Å². The summed E-state index contributed by atoms with van der Waals surface area (Å²) < 4.78 is 5.18. The monoisotopic (exact) mass is 228 g/mol. The Hall–Kier alpha value is -2.01. The Kier molecular flexibility index (Phi) is 5.03. The summed E-state index contributed by atoms with van der Waals surface area (Å²) in [5.74, 6) is 5.69. The zero-order valence-corrected chi connectivity index (χ0v) is 10.1. The Balaban J connectivity index is 2.91. The third-order valence-electron chi connectivity index (χ3n) is 2.18. The van der Waals surface area contributed by atoms with Crippen LogP contribution in [0, 0.1) is 17.8 Å². The molecule has 0 aromatic heterocycles. The summed E-state index contributed by atoms with van der Waals surface area (Å²) in [6.07, 6.45) is 1.25. The van der Waals surface area contributed by atoms with Gasteiger partial charge in [0.2, 0.25) is 0 Å². The van der Waals surface area contributed by atoms with E-state index in [0.717, 1.165) is 5.56 Å². The normalized spacial score (nSPS) is 12.8. The summed E-state index contributed by atoms with van der Waals surface area (Å²) in [6.45, 7) is 6.99. The fraction of sp³-hybridized carbons (Fsp3) is 0.267. The lowest BCUT2D eigenvalue weighted by molar-refractivity contribution is -0.144. The first-order valence-corrected chi connectivity index (χ1v) is 5.49. The Morgan fingerprint density at radius 2 is 2.00 bits per heavy atom. The molecule has 2 heteroatoms. The van der Waals surface area contributed by atoms with Crippen molar-refractivity contribution in [2.75, 3.05) is 0 Å². The molecule has 1 aromatic carbocycles. The topological polar surface area (TPSA) is 26.3 Å². The van der Waals surface area contributed by atoms with Gasteiger partial charge in [-0.25, -0.2) is 0 Å². The second-order valence-electron chi connectivity index (χ2n) is 3.71. The van der Waals surface area contributed by atoms with E-state index in [0.29, 0.717) is 0 Å². The quantitative estimate of drug-likeness (QED) is 0.451. The predicted molar refractivity (Wildman–Crippen MR) is 68.1 cm³/mol. The van der Waals surface area contributed by atoms with Crippen molar-refractivity contribution >= 4 is 5.97 Å². The summed E-state index contributed by atoms with van der Waals surface area (Å²) in [6, 6.07) is 9.48. The molecule has 0 saturated heterocycles. The average molecular weight is 228 g/mol. The largest absolute Gasteiger partial charge is 0.444 e. The van der Waals surface area contributed by atoms with Gasteiger partial charge in [-0.05, 0) is 6.92 Å². The highest BCUT2D eigenvalue weighted by Gasteiger charge is 2.10. The molecule has 2 unspecified atom stereocenters. The molecule has 0 fully saturated rings. The number of carbonyl (C=O) groups excluding carboxylic acids is 1. The minimum absolute atomic E-state index is 0.0803. The van der Waals surface area contributed by atoms with E-state index in [1.165, 1.54) is 6.92 Å². The van der Waals surface area contributed by atoms with E-state index in [-0.39, 0.29) is 11.9 Å². The van der Waals surface area contributed by atoms with Gasteiger partial charge in [-0.15, -0.1) is 6.58 Å². The van der Waals surface area contributed by atoms with Crippen molar-refractivity contribution in [3.63, 3.8) is 0 Å². The molecule has 17 heavy (non-hydrogen) atoms. The van der Waals surface area contributed by atoms with Crippen molar-refractivity contribution in [1.82, 2.24) is 0 Å². The number of allylic oxidation sites excluding steroid dienone is 1. The van der Waals surface area contributed by atoms with E-state index >= 15 is 0 Å². The molecular weight excluding hydrogens is 212 g/mol. The SMILES string of the molecule is C=CC(C)C#CC(OC(C)=O)c1ccccc1. The number of ether oxygens (including phenoxy) is 1. The Morgan fingerprint density at radius 1 is 1.35 bits per heavy atom. The second kappa shape index (κ2) is 6.55. The molecule has 0 aliphatic heterocycles. The van der Waals surface area contributed by atoms with Crippen LogP contribution in [0.25, 0.3) is 0 Å². The number of hydrogen-bond acceptors (Lipinski definition) is 2. The summed E-state index contributed by atoms with van der Waals surface area (Å²) >= 11 is 0. The highest BCUT2D eigenvalue weighted by atomic mass is 16.5. The molecule has 2 atom stereocenters. The number of esters is 1. The van der Waals surface area contributed by atoms with Crippen LogP contribution in [-0.4, -0.2) is 5.97 Å². The van der Waals surface area contributed by atoms with Crippen LogP contribution in [0.1, 0.15) is 25.5 Å². The van der Waals surface area contributed by atoms with Crippen LogP contribution in [0.4, 0.5) is 0 Å². The van der Waals surface area contributed by atoms with Crippen LogP contribution < -0.4 is 0 Å². The highest BCUT2D eigenvalue weighted by Crippen LogP contribution is 2.16. The second-order valence-corrected chi connectivity index (χ2v) is 3.71. The third kappa shape index (κ3) is 4.56. The van der Waals surface area contributed by atoms with Crippen molar-refractivity contribution in [2.24, 2.45) is 5.92 Å². The van der Waals surface area contributed by atoms with Gasteiger partial charge in [0.25, 0.3) is 0 Å². The summed E-state index contributed by atoms with van der Waals surface area (Å²) in [7, 11) is 0. The van der Waals surface area contributed by atoms with Gasteiger partial charge in [-0.3, -0.25) is 4.79 Å². The molecule has 0 amide bonds. The van der Waals surface area contributed by atoms with E-state index in [2.05, 4.69) is 18.4 Å². The molecule has 0 N–H and O–H groups in total. The maximum absolute atomic E-state index is 11.0. The van der Waals surface area contributed by atoms with E-state index in [1.54, 1.807) is 6.08 Å². The van der Waals surface area contributed by atoms with Gasteiger partial charge in [0.1, 0.15) is 0 Å².